The van der Waals surface area contributed by atoms with Crippen LogP contribution in [0.15, 0.2) is 35.9 Å². The van der Waals surface area contributed by atoms with Gasteiger partial charge >= 0.3 is 0 Å². The van der Waals surface area contributed by atoms with Crippen LogP contribution >= 0.6 is 0 Å². The second-order valence-corrected chi connectivity index (χ2v) is 6.84. The maximum atomic E-state index is 12.6. The maximum absolute atomic E-state index is 12.6. The Hall–Kier alpha value is -2.63. The van der Waals surface area contributed by atoms with Crippen LogP contribution in [0.25, 0.3) is 0 Å². The van der Waals surface area contributed by atoms with Gasteiger partial charge in [-0.15, -0.1) is 0 Å². The van der Waals surface area contributed by atoms with E-state index in [2.05, 4.69) is 16.7 Å². The molecular formula is C20H25N3O3. The van der Waals surface area contributed by atoms with Crippen LogP contribution in [0.2, 0.25) is 0 Å². The van der Waals surface area contributed by atoms with Gasteiger partial charge < -0.3 is 15.5 Å². The van der Waals surface area contributed by atoms with Gasteiger partial charge in [0.2, 0.25) is 11.8 Å². The fourth-order valence-corrected chi connectivity index (χ4v) is 3.45. The molecule has 0 fully saturated rings. The summed E-state index contributed by atoms with van der Waals surface area (Å²) in [6.07, 6.45) is 7.82. The number of carbonyl (C=O) groups excluding carboxylic acids is 3. The van der Waals surface area contributed by atoms with E-state index in [0.717, 1.165) is 19.3 Å². The number of benzene rings is 1. The first-order chi connectivity index (χ1) is 12.6. The molecule has 2 aliphatic rings. The third-order valence-corrected chi connectivity index (χ3v) is 4.88. The summed E-state index contributed by atoms with van der Waals surface area (Å²) in [7, 11) is 0. The number of rotatable bonds is 5. The molecule has 138 valence electrons. The van der Waals surface area contributed by atoms with Crippen LogP contribution in [-0.2, 0) is 9.59 Å². The van der Waals surface area contributed by atoms with E-state index >= 15 is 0 Å². The van der Waals surface area contributed by atoms with Crippen LogP contribution in [0, 0.1) is 0 Å². The predicted molar refractivity (Wildman–Crippen MR) is 99.9 cm³/mol. The molecule has 2 N–H and O–H groups in total. The standard InChI is InChI=1S/C20H25N3O3/c1-14-20(26)23(17-10-6-5-9-16(17)19(25)22-14)13-18(24)21-12-11-15-7-3-2-4-8-15/h5-7,9-10,14H,2-4,8,11-13H2,1H3,(H,21,24)(H,22,25)/t14-/m1/s1. The molecule has 1 aromatic rings. The first-order valence-electron chi connectivity index (χ1n) is 9.22. The van der Waals surface area contributed by atoms with Crippen molar-refractivity contribution in [1.82, 2.24) is 10.6 Å². The summed E-state index contributed by atoms with van der Waals surface area (Å²) in [6.45, 7) is 2.11. The smallest absolute Gasteiger partial charge is 0.254 e. The highest BCUT2D eigenvalue weighted by atomic mass is 16.2. The summed E-state index contributed by atoms with van der Waals surface area (Å²) in [5.74, 6) is -0.798. The summed E-state index contributed by atoms with van der Waals surface area (Å²) in [4.78, 5) is 38.7. The van der Waals surface area contributed by atoms with Gasteiger partial charge in [-0.3, -0.25) is 14.4 Å². The normalized spacial score (nSPS) is 20.0. The average Bonchev–Trinajstić information content (AvgIpc) is 2.74. The number of carbonyl (C=O) groups is 3. The summed E-state index contributed by atoms with van der Waals surface area (Å²) >= 11 is 0. The number of hydrogen-bond donors (Lipinski definition) is 2. The third-order valence-electron chi connectivity index (χ3n) is 4.88. The number of fused-ring (bicyclic) bond motifs is 1. The Balaban J connectivity index is 1.65. The molecule has 1 aliphatic carbocycles. The molecule has 1 atom stereocenters. The van der Waals surface area contributed by atoms with Gasteiger partial charge in [-0.25, -0.2) is 0 Å². The highest BCUT2D eigenvalue weighted by molar-refractivity contribution is 6.12. The minimum absolute atomic E-state index is 0.0891. The van der Waals surface area contributed by atoms with E-state index in [1.807, 2.05) is 0 Å². The zero-order valence-electron chi connectivity index (χ0n) is 15.1. The average molecular weight is 355 g/mol. The van der Waals surface area contributed by atoms with E-state index in [1.165, 1.54) is 23.3 Å². The molecule has 0 saturated carbocycles. The van der Waals surface area contributed by atoms with Crippen LogP contribution in [-0.4, -0.2) is 36.9 Å². The number of para-hydroxylation sites is 1. The number of nitrogens with zero attached hydrogens (tertiary/aromatic N) is 1. The molecule has 0 saturated heterocycles. The Morgan fingerprint density at radius 1 is 1.27 bits per heavy atom. The van der Waals surface area contributed by atoms with Crippen LogP contribution in [0.5, 0.6) is 0 Å². The van der Waals surface area contributed by atoms with Crippen LogP contribution < -0.4 is 15.5 Å². The lowest BCUT2D eigenvalue weighted by atomic mass is 9.97. The van der Waals surface area contributed by atoms with Gasteiger partial charge in [-0.2, -0.15) is 0 Å². The van der Waals surface area contributed by atoms with Crippen molar-refractivity contribution in [3.05, 3.63) is 41.5 Å². The Labute approximate surface area is 153 Å². The second kappa shape index (κ2) is 8.17. The van der Waals surface area contributed by atoms with E-state index in [4.69, 9.17) is 0 Å². The molecule has 3 amide bonds. The molecular weight excluding hydrogens is 330 g/mol. The van der Waals surface area contributed by atoms with Crippen molar-refractivity contribution in [3.8, 4) is 0 Å². The van der Waals surface area contributed by atoms with Gasteiger partial charge in [-0.1, -0.05) is 23.8 Å². The lowest BCUT2D eigenvalue weighted by Gasteiger charge is -2.23. The second-order valence-electron chi connectivity index (χ2n) is 6.84. The number of nitrogens with one attached hydrogen (secondary N) is 2. The van der Waals surface area contributed by atoms with E-state index in [1.54, 1.807) is 31.2 Å². The van der Waals surface area contributed by atoms with Gasteiger partial charge in [-0.05, 0) is 51.2 Å². The Bertz CT molecular complexity index is 742. The fraction of sp³-hybridized carbons (Fsp3) is 0.450. The minimum Gasteiger partial charge on any atom is -0.354 e. The van der Waals surface area contributed by atoms with Gasteiger partial charge in [0, 0.05) is 6.54 Å². The highest BCUT2D eigenvalue weighted by Gasteiger charge is 2.32. The topological polar surface area (TPSA) is 78.5 Å². The molecule has 0 unspecified atom stereocenters. The fourth-order valence-electron chi connectivity index (χ4n) is 3.45. The summed E-state index contributed by atoms with van der Waals surface area (Å²) in [5.41, 5.74) is 2.28. The molecule has 1 aromatic carbocycles. The first kappa shape index (κ1) is 18.2. The van der Waals surface area contributed by atoms with Crippen molar-refractivity contribution in [3.63, 3.8) is 0 Å². The molecule has 0 spiro atoms. The van der Waals surface area contributed by atoms with Crippen molar-refractivity contribution in [2.45, 2.75) is 45.1 Å². The van der Waals surface area contributed by atoms with Gasteiger partial charge in [0.25, 0.3) is 5.91 Å². The lowest BCUT2D eigenvalue weighted by molar-refractivity contribution is -0.124. The summed E-state index contributed by atoms with van der Waals surface area (Å²) < 4.78 is 0. The number of amides is 3. The number of anilines is 1. The van der Waals surface area contributed by atoms with E-state index in [9.17, 15) is 14.4 Å². The molecule has 0 aromatic heterocycles. The molecule has 6 nitrogen and oxygen atoms in total. The Morgan fingerprint density at radius 2 is 2.08 bits per heavy atom. The lowest BCUT2D eigenvalue weighted by Crippen LogP contribution is -2.47. The van der Waals surface area contributed by atoms with E-state index in [0.29, 0.717) is 17.8 Å². The molecule has 1 heterocycles. The van der Waals surface area contributed by atoms with Gasteiger partial charge in [0.15, 0.2) is 0 Å². The van der Waals surface area contributed by atoms with Gasteiger partial charge in [0.1, 0.15) is 12.6 Å². The maximum Gasteiger partial charge on any atom is 0.254 e. The summed E-state index contributed by atoms with van der Waals surface area (Å²) in [6, 6.07) is 6.20. The Morgan fingerprint density at radius 3 is 2.85 bits per heavy atom. The van der Waals surface area contributed by atoms with Crippen molar-refractivity contribution >= 4 is 23.4 Å². The van der Waals surface area contributed by atoms with Crippen molar-refractivity contribution in [2.24, 2.45) is 0 Å². The Kier molecular flexibility index (Phi) is 5.71. The quantitative estimate of drug-likeness (QED) is 0.795. The number of allylic oxidation sites excluding steroid dienone is 1. The molecule has 0 bridgehead atoms. The first-order valence-corrected chi connectivity index (χ1v) is 9.22. The van der Waals surface area contributed by atoms with Crippen LogP contribution in [0.4, 0.5) is 5.69 Å². The third kappa shape index (κ3) is 4.12. The van der Waals surface area contributed by atoms with Crippen molar-refractivity contribution in [1.29, 1.82) is 0 Å². The van der Waals surface area contributed by atoms with Crippen molar-refractivity contribution in [2.75, 3.05) is 18.0 Å². The monoisotopic (exact) mass is 355 g/mol. The largest absolute Gasteiger partial charge is 0.354 e. The molecule has 0 radical (unpaired) electrons. The summed E-state index contributed by atoms with van der Waals surface area (Å²) in [5, 5.41) is 5.56. The SMILES string of the molecule is C[C@H]1NC(=O)c2ccccc2N(CC(=O)NCCC2=CCCCC2)C1=O. The van der Waals surface area contributed by atoms with Crippen LogP contribution in [0.1, 0.15) is 49.4 Å². The minimum atomic E-state index is -0.671. The van der Waals surface area contributed by atoms with E-state index in [-0.39, 0.29) is 24.3 Å². The predicted octanol–water partition coefficient (Wildman–Crippen LogP) is 2.16. The number of hydrogen-bond acceptors (Lipinski definition) is 3. The van der Waals surface area contributed by atoms with Crippen LogP contribution in [0.3, 0.4) is 0 Å². The highest BCUT2D eigenvalue weighted by Crippen LogP contribution is 2.24. The van der Waals surface area contributed by atoms with Gasteiger partial charge in [0.05, 0.1) is 11.3 Å². The van der Waals surface area contributed by atoms with Crippen molar-refractivity contribution < 1.29 is 14.4 Å². The molecule has 6 heteroatoms. The zero-order valence-corrected chi connectivity index (χ0v) is 15.1. The van der Waals surface area contributed by atoms with E-state index < -0.39 is 6.04 Å². The molecule has 26 heavy (non-hydrogen) atoms. The zero-order chi connectivity index (χ0) is 18.5. The molecule has 3 rings (SSSR count). The molecule has 1 aliphatic heterocycles.